The minimum absolute atomic E-state index is 0.111. The van der Waals surface area contributed by atoms with Crippen molar-refractivity contribution in [3.63, 3.8) is 0 Å². The number of carbonyl (C=O) groups is 2. The molecule has 3 rings (SSSR count). The second-order valence-electron chi connectivity index (χ2n) is 7.10. The van der Waals surface area contributed by atoms with Crippen LogP contribution >= 0.6 is 0 Å². The van der Waals surface area contributed by atoms with E-state index in [9.17, 15) is 19.7 Å². The van der Waals surface area contributed by atoms with E-state index in [4.69, 9.17) is 14.2 Å². The van der Waals surface area contributed by atoms with Crippen molar-refractivity contribution in [1.82, 2.24) is 5.32 Å². The van der Waals surface area contributed by atoms with Gasteiger partial charge in [-0.2, -0.15) is 0 Å². The fourth-order valence-corrected chi connectivity index (χ4v) is 3.19. The third-order valence-electron chi connectivity index (χ3n) is 4.84. The van der Waals surface area contributed by atoms with Gasteiger partial charge < -0.3 is 24.8 Å². The number of amides is 2. The topological polar surface area (TPSA) is 129 Å². The quantitative estimate of drug-likeness (QED) is 0.270. The van der Waals surface area contributed by atoms with Gasteiger partial charge in [0.2, 0.25) is 5.75 Å². The van der Waals surface area contributed by atoms with E-state index < -0.39 is 16.7 Å². The molecule has 0 aliphatic heterocycles. The van der Waals surface area contributed by atoms with E-state index in [0.29, 0.717) is 28.4 Å². The van der Waals surface area contributed by atoms with E-state index in [1.807, 2.05) is 0 Å². The van der Waals surface area contributed by atoms with Gasteiger partial charge in [-0.3, -0.25) is 19.7 Å². The maximum absolute atomic E-state index is 13.1. The highest BCUT2D eigenvalue weighted by Crippen LogP contribution is 2.38. The summed E-state index contributed by atoms with van der Waals surface area (Å²) in [6, 6.07) is 17.0. The van der Waals surface area contributed by atoms with Crippen molar-refractivity contribution in [3.05, 3.63) is 93.7 Å². The average Bonchev–Trinajstić information content (AvgIpc) is 2.88. The molecule has 0 fully saturated rings. The zero-order valence-electron chi connectivity index (χ0n) is 19.2. The molecule has 3 aromatic carbocycles. The SMILES string of the molecule is COc1cc(C=C(NC(=O)c2ccccc2)C(=O)Nc2cccc([N+](=O)[O-])c2)cc(OC)c1OC. The van der Waals surface area contributed by atoms with Crippen molar-refractivity contribution < 1.29 is 28.7 Å². The van der Waals surface area contributed by atoms with Crippen LogP contribution in [0, 0.1) is 10.1 Å². The van der Waals surface area contributed by atoms with Crippen LogP contribution in [0.2, 0.25) is 0 Å². The van der Waals surface area contributed by atoms with E-state index in [-0.39, 0.29) is 17.1 Å². The number of hydrogen-bond acceptors (Lipinski definition) is 7. The van der Waals surface area contributed by atoms with Crippen LogP contribution in [0.3, 0.4) is 0 Å². The molecule has 2 amide bonds. The van der Waals surface area contributed by atoms with Crippen LogP contribution in [0.4, 0.5) is 11.4 Å². The van der Waals surface area contributed by atoms with Gasteiger partial charge >= 0.3 is 0 Å². The first-order valence-electron chi connectivity index (χ1n) is 10.3. The predicted molar refractivity (Wildman–Crippen MR) is 130 cm³/mol. The third kappa shape index (κ3) is 6.14. The zero-order valence-corrected chi connectivity index (χ0v) is 19.2. The van der Waals surface area contributed by atoms with Crippen molar-refractivity contribution in [3.8, 4) is 17.2 Å². The number of nitrogens with zero attached hydrogens (tertiary/aromatic N) is 1. The number of nitrogens with one attached hydrogen (secondary N) is 2. The van der Waals surface area contributed by atoms with Gasteiger partial charge in [0.1, 0.15) is 5.70 Å². The van der Waals surface area contributed by atoms with Gasteiger partial charge in [-0.1, -0.05) is 24.3 Å². The Balaban J connectivity index is 2.02. The van der Waals surface area contributed by atoms with Gasteiger partial charge in [0.25, 0.3) is 17.5 Å². The average molecular weight is 477 g/mol. The number of rotatable bonds is 9. The molecule has 0 atom stereocenters. The highest BCUT2D eigenvalue weighted by atomic mass is 16.6. The van der Waals surface area contributed by atoms with E-state index in [1.165, 1.54) is 51.7 Å². The normalized spacial score (nSPS) is 10.8. The Labute approximate surface area is 201 Å². The highest BCUT2D eigenvalue weighted by Gasteiger charge is 2.18. The lowest BCUT2D eigenvalue weighted by Gasteiger charge is -2.14. The number of carbonyl (C=O) groups excluding carboxylic acids is 2. The number of methoxy groups -OCH3 is 3. The predicted octanol–water partition coefficient (Wildman–Crippen LogP) is 4.03. The first-order valence-corrected chi connectivity index (χ1v) is 10.3. The molecule has 0 saturated carbocycles. The second kappa shape index (κ2) is 11.3. The van der Waals surface area contributed by atoms with Crippen molar-refractivity contribution >= 4 is 29.3 Å². The standard InChI is InChI=1S/C25H23N3O7/c1-33-21-13-16(14-22(34-2)23(21)35-3)12-20(27-24(29)17-8-5-4-6-9-17)25(30)26-18-10-7-11-19(15-18)28(31)32/h4-15H,1-3H3,(H,26,30)(H,27,29). The molecule has 3 aromatic rings. The van der Waals surface area contributed by atoms with Crippen LogP contribution in [0.5, 0.6) is 17.2 Å². The van der Waals surface area contributed by atoms with Crippen molar-refractivity contribution in [2.45, 2.75) is 0 Å². The molecule has 0 radical (unpaired) electrons. The smallest absolute Gasteiger partial charge is 0.272 e. The summed E-state index contributed by atoms with van der Waals surface area (Å²) in [5, 5.41) is 16.3. The fourth-order valence-electron chi connectivity index (χ4n) is 3.19. The van der Waals surface area contributed by atoms with Crippen LogP contribution in [0.1, 0.15) is 15.9 Å². The Morgan fingerprint density at radius 3 is 2.11 bits per heavy atom. The Bertz CT molecular complexity index is 1250. The number of ether oxygens (including phenoxy) is 3. The maximum Gasteiger partial charge on any atom is 0.272 e. The summed E-state index contributed by atoms with van der Waals surface area (Å²) >= 11 is 0. The Morgan fingerprint density at radius 1 is 0.886 bits per heavy atom. The summed E-state index contributed by atoms with van der Waals surface area (Å²) in [5.74, 6) is -0.137. The summed E-state index contributed by atoms with van der Waals surface area (Å²) in [5.41, 5.74) is 0.698. The molecule has 0 aromatic heterocycles. The number of benzene rings is 3. The van der Waals surface area contributed by atoms with Gasteiger partial charge in [0, 0.05) is 23.4 Å². The number of anilines is 1. The van der Waals surface area contributed by atoms with E-state index >= 15 is 0 Å². The summed E-state index contributed by atoms with van der Waals surface area (Å²) < 4.78 is 16.0. The first-order chi connectivity index (χ1) is 16.9. The molecule has 10 nitrogen and oxygen atoms in total. The molecule has 0 heterocycles. The molecular formula is C25H23N3O7. The molecule has 0 bridgehead atoms. The molecule has 35 heavy (non-hydrogen) atoms. The summed E-state index contributed by atoms with van der Waals surface area (Å²) in [7, 11) is 4.38. The van der Waals surface area contributed by atoms with E-state index in [2.05, 4.69) is 10.6 Å². The van der Waals surface area contributed by atoms with Gasteiger partial charge in [-0.25, -0.2) is 0 Å². The maximum atomic E-state index is 13.1. The van der Waals surface area contributed by atoms with E-state index in [0.717, 1.165) is 0 Å². The molecule has 0 aliphatic carbocycles. The molecule has 0 aliphatic rings. The highest BCUT2D eigenvalue weighted by molar-refractivity contribution is 6.10. The molecule has 0 spiro atoms. The van der Waals surface area contributed by atoms with E-state index in [1.54, 1.807) is 42.5 Å². The lowest BCUT2D eigenvalue weighted by Crippen LogP contribution is -2.30. The van der Waals surface area contributed by atoms with Gasteiger partial charge in [0.05, 0.1) is 26.3 Å². The van der Waals surface area contributed by atoms with Crippen LogP contribution in [0.15, 0.2) is 72.4 Å². The van der Waals surface area contributed by atoms with Gasteiger partial charge in [-0.15, -0.1) is 0 Å². The number of hydrogen-bond donors (Lipinski definition) is 2. The molecule has 180 valence electrons. The third-order valence-corrected chi connectivity index (χ3v) is 4.84. The van der Waals surface area contributed by atoms with Crippen molar-refractivity contribution in [2.75, 3.05) is 26.6 Å². The lowest BCUT2D eigenvalue weighted by molar-refractivity contribution is -0.384. The summed E-state index contributed by atoms with van der Waals surface area (Å²) in [4.78, 5) is 36.5. The first kappa shape index (κ1) is 24.8. The minimum Gasteiger partial charge on any atom is -0.493 e. The Hall–Kier alpha value is -4.86. The number of nitro benzene ring substituents is 1. The van der Waals surface area contributed by atoms with Crippen LogP contribution in [-0.4, -0.2) is 38.1 Å². The van der Waals surface area contributed by atoms with Gasteiger partial charge in [-0.05, 0) is 42.0 Å². The Kier molecular flexibility index (Phi) is 8.02. The second-order valence-corrected chi connectivity index (χ2v) is 7.10. The van der Waals surface area contributed by atoms with Gasteiger partial charge in [0.15, 0.2) is 11.5 Å². The monoisotopic (exact) mass is 477 g/mol. The molecule has 0 saturated heterocycles. The van der Waals surface area contributed by atoms with Crippen LogP contribution in [-0.2, 0) is 4.79 Å². The largest absolute Gasteiger partial charge is 0.493 e. The zero-order chi connectivity index (χ0) is 25.4. The molecule has 0 unspecified atom stereocenters. The fraction of sp³-hybridized carbons (Fsp3) is 0.120. The minimum atomic E-state index is -0.691. The lowest BCUT2D eigenvalue weighted by atomic mass is 10.1. The summed E-state index contributed by atoms with van der Waals surface area (Å²) in [6.07, 6.45) is 1.43. The molecular weight excluding hydrogens is 454 g/mol. The number of nitro groups is 1. The van der Waals surface area contributed by atoms with Crippen LogP contribution < -0.4 is 24.8 Å². The Morgan fingerprint density at radius 2 is 1.54 bits per heavy atom. The van der Waals surface area contributed by atoms with Crippen molar-refractivity contribution in [2.24, 2.45) is 0 Å². The summed E-state index contributed by atoms with van der Waals surface area (Å²) in [6.45, 7) is 0. The molecule has 2 N–H and O–H groups in total. The van der Waals surface area contributed by atoms with Crippen LogP contribution in [0.25, 0.3) is 6.08 Å². The number of non-ortho nitro benzene ring substituents is 1. The molecule has 10 heteroatoms. The van der Waals surface area contributed by atoms with Crippen molar-refractivity contribution in [1.29, 1.82) is 0 Å².